The standard InChI is InChI=1S/C15H24N2O3/c1-4-7-13-11(3)10-12(15(19)17-13)14(18)16-8-6-9-20-5-2/h10H,4-9H2,1-3H3,(H,16,18)(H,17,19). The first-order valence-corrected chi connectivity index (χ1v) is 7.18. The molecule has 0 saturated carbocycles. The van der Waals surface area contributed by atoms with Crippen LogP contribution in [0, 0.1) is 6.92 Å². The molecule has 1 aromatic heterocycles. The Hall–Kier alpha value is -1.62. The Bertz CT molecular complexity index is 494. The number of H-pyrrole nitrogens is 1. The third-order valence-corrected chi connectivity index (χ3v) is 3.05. The molecule has 112 valence electrons. The maximum absolute atomic E-state index is 11.9. The van der Waals surface area contributed by atoms with Crippen LogP contribution in [0.25, 0.3) is 0 Å². The van der Waals surface area contributed by atoms with Crippen molar-refractivity contribution in [2.75, 3.05) is 19.8 Å². The lowest BCUT2D eigenvalue weighted by atomic mass is 10.1. The van der Waals surface area contributed by atoms with Gasteiger partial charge in [-0.05, 0) is 38.3 Å². The van der Waals surface area contributed by atoms with E-state index in [4.69, 9.17) is 4.74 Å². The smallest absolute Gasteiger partial charge is 0.261 e. The minimum Gasteiger partial charge on any atom is -0.382 e. The highest BCUT2D eigenvalue weighted by Gasteiger charge is 2.12. The molecule has 0 aliphatic rings. The van der Waals surface area contributed by atoms with Crippen molar-refractivity contribution in [2.24, 2.45) is 0 Å². The highest BCUT2D eigenvalue weighted by molar-refractivity contribution is 5.93. The summed E-state index contributed by atoms with van der Waals surface area (Å²) in [6.07, 6.45) is 2.52. The molecule has 0 radical (unpaired) electrons. The summed E-state index contributed by atoms with van der Waals surface area (Å²) in [4.78, 5) is 26.6. The Labute approximate surface area is 119 Å². The van der Waals surface area contributed by atoms with Crippen LogP contribution < -0.4 is 10.9 Å². The van der Waals surface area contributed by atoms with Gasteiger partial charge in [-0.15, -0.1) is 0 Å². The number of hydrogen-bond acceptors (Lipinski definition) is 3. The molecule has 0 aliphatic heterocycles. The minimum atomic E-state index is -0.325. The molecule has 5 nitrogen and oxygen atoms in total. The van der Waals surface area contributed by atoms with Crippen molar-refractivity contribution >= 4 is 5.91 Å². The summed E-state index contributed by atoms with van der Waals surface area (Å²) in [7, 11) is 0. The number of ether oxygens (including phenoxy) is 1. The third-order valence-electron chi connectivity index (χ3n) is 3.05. The van der Waals surface area contributed by atoms with Gasteiger partial charge in [-0.1, -0.05) is 13.3 Å². The Morgan fingerprint density at radius 3 is 2.80 bits per heavy atom. The maximum Gasteiger partial charge on any atom is 0.261 e. The van der Waals surface area contributed by atoms with Crippen LogP contribution in [0.15, 0.2) is 10.9 Å². The molecule has 1 rings (SSSR count). The van der Waals surface area contributed by atoms with Gasteiger partial charge in [-0.3, -0.25) is 9.59 Å². The van der Waals surface area contributed by atoms with E-state index in [0.29, 0.717) is 19.8 Å². The van der Waals surface area contributed by atoms with Gasteiger partial charge in [0.15, 0.2) is 0 Å². The van der Waals surface area contributed by atoms with E-state index < -0.39 is 0 Å². The van der Waals surface area contributed by atoms with Gasteiger partial charge in [0.25, 0.3) is 11.5 Å². The van der Waals surface area contributed by atoms with E-state index in [1.54, 1.807) is 6.07 Å². The summed E-state index contributed by atoms with van der Waals surface area (Å²) in [5.74, 6) is -0.325. The van der Waals surface area contributed by atoms with Crippen LogP contribution in [0.3, 0.4) is 0 Å². The highest BCUT2D eigenvalue weighted by atomic mass is 16.5. The zero-order valence-corrected chi connectivity index (χ0v) is 12.5. The number of aromatic nitrogens is 1. The summed E-state index contributed by atoms with van der Waals surface area (Å²) in [5, 5.41) is 2.74. The fourth-order valence-corrected chi connectivity index (χ4v) is 1.97. The monoisotopic (exact) mass is 280 g/mol. The topological polar surface area (TPSA) is 71.2 Å². The van der Waals surface area contributed by atoms with Crippen LogP contribution in [-0.4, -0.2) is 30.6 Å². The molecular weight excluding hydrogens is 256 g/mol. The van der Waals surface area contributed by atoms with E-state index in [1.807, 2.05) is 13.8 Å². The molecule has 1 amide bonds. The first kappa shape index (κ1) is 16.4. The number of pyridine rings is 1. The van der Waals surface area contributed by atoms with Crippen LogP contribution in [-0.2, 0) is 11.2 Å². The van der Waals surface area contributed by atoms with Crippen molar-refractivity contribution in [2.45, 2.75) is 40.0 Å². The largest absolute Gasteiger partial charge is 0.382 e. The van der Waals surface area contributed by atoms with Gasteiger partial charge in [0.2, 0.25) is 0 Å². The van der Waals surface area contributed by atoms with Gasteiger partial charge in [0, 0.05) is 25.5 Å². The molecule has 0 unspecified atom stereocenters. The number of carbonyl (C=O) groups excluding carboxylic acids is 1. The second-order valence-corrected chi connectivity index (χ2v) is 4.73. The minimum absolute atomic E-state index is 0.179. The molecule has 1 heterocycles. The number of carbonyl (C=O) groups is 1. The Kier molecular flexibility index (Phi) is 7.01. The Morgan fingerprint density at radius 2 is 2.15 bits per heavy atom. The molecule has 0 atom stereocenters. The zero-order chi connectivity index (χ0) is 15.0. The third kappa shape index (κ3) is 4.81. The van der Waals surface area contributed by atoms with Crippen LogP contribution in [0.2, 0.25) is 0 Å². The molecule has 0 bridgehead atoms. The van der Waals surface area contributed by atoms with Gasteiger partial charge in [0.1, 0.15) is 5.56 Å². The molecule has 0 saturated heterocycles. The summed E-state index contributed by atoms with van der Waals surface area (Å²) in [6, 6.07) is 1.67. The van der Waals surface area contributed by atoms with E-state index >= 15 is 0 Å². The summed E-state index contributed by atoms with van der Waals surface area (Å²) < 4.78 is 5.19. The highest BCUT2D eigenvalue weighted by Crippen LogP contribution is 2.06. The molecule has 0 spiro atoms. The lowest BCUT2D eigenvalue weighted by Gasteiger charge is -2.08. The maximum atomic E-state index is 11.9. The van der Waals surface area contributed by atoms with Gasteiger partial charge in [-0.2, -0.15) is 0 Å². The van der Waals surface area contributed by atoms with Crippen LogP contribution in [0.4, 0.5) is 0 Å². The van der Waals surface area contributed by atoms with Crippen molar-refractivity contribution in [3.8, 4) is 0 Å². The van der Waals surface area contributed by atoms with E-state index in [-0.39, 0.29) is 17.0 Å². The molecular formula is C15H24N2O3. The van der Waals surface area contributed by atoms with Crippen molar-refractivity contribution in [1.29, 1.82) is 0 Å². The summed E-state index contributed by atoms with van der Waals surface area (Å²) in [5.41, 5.74) is 1.72. The zero-order valence-electron chi connectivity index (χ0n) is 12.5. The van der Waals surface area contributed by atoms with Gasteiger partial charge in [-0.25, -0.2) is 0 Å². The number of nitrogens with one attached hydrogen (secondary N) is 2. The van der Waals surface area contributed by atoms with E-state index in [2.05, 4.69) is 17.2 Å². The fourth-order valence-electron chi connectivity index (χ4n) is 1.97. The summed E-state index contributed by atoms with van der Waals surface area (Å²) in [6.45, 7) is 7.68. The van der Waals surface area contributed by atoms with Gasteiger partial charge >= 0.3 is 0 Å². The van der Waals surface area contributed by atoms with Crippen LogP contribution >= 0.6 is 0 Å². The number of aryl methyl sites for hydroxylation is 2. The SMILES string of the molecule is CCCc1[nH]c(=O)c(C(=O)NCCCOCC)cc1C. The van der Waals surface area contributed by atoms with Crippen molar-refractivity contribution in [1.82, 2.24) is 10.3 Å². The Morgan fingerprint density at radius 1 is 1.40 bits per heavy atom. The number of rotatable bonds is 8. The predicted molar refractivity (Wildman–Crippen MR) is 79.2 cm³/mol. The predicted octanol–water partition coefficient (Wildman–Crippen LogP) is 1.79. The van der Waals surface area contributed by atoms with Crippen molar-refractivity contribution in [3.05, 3.63) is 33.2 Å². The van der Waals surface area contributed by atoms with Gasteiger partial charge in [0.05, 0.1) is 0 Å². The average Bonchev–Trinajstić information content (AvgIpc) is 2.42. The van der Waals surface area contributed by atoms with Gasteiger partial charge < -0.3 is 15.0 Å². The number of amides is 1. The van der Waals surface area contributed by atoms with Crippen LogP contribution in [0.5, 0.6) is 0 Å². The van der Waals surface area contributed by atoms with E-state index in [9.17, 15) is 9.59 Å². The first-order chi connectivity index (χ1) is 9.60. The second-order valence-electron chi connectivity index (χ2n) is 4.73. The molecule has 20 heavy (non-hydrogen) atoms. The molecule has 1 aromatic rings. The fraction of sp³-hybridized carbons (Fsp3) is 0.600. The Balaban J connectivity index is 2.64. The second kappa shape index (κ2) is 8.53. The van der Waals surface area contributed by atoms with Crippen molar-refractivity contribution < 1.29 is 9.53 Å². The van der Waals surface area contributed by atoms with Crippen molar-refractivity contribution in [3.63, 3.8) is 0 Å². The average molecular weight is 280 g/mol. The normalized spacial score (nSPS) is 10.6. The number of aromatic amines is 1. The number of hydrogen-bond donors (Lipinski definition) is 2. The van der Waals surface area contributed by atoms with E-state index in [1.165, 1.54) is 0 Å². The molecule has 2 N–H and O–H groups in total. The molecule has 0 fully saturated rings. The molecule has 0 aromatic carbocycles. The quantitative estimate of drug-likeness (QED) is 0.713. The lowest BCUT2D eigenvalue weighted by Crippen LogP contribution is -2.31. The van der Waals surface area contributed by atoms with E-state index in [0.717, 1.165) is 30.5 Å². The first-order valence-electron chi connectivity index (χ1n) is 7.18. The summed E-state index contributed by atoms with van der Waals surface area (Å²) >= 11 is 0. The molecule has 0 aliphatic carbocycles. The molecule has 5 heteroatoms. The lowest BCUT2D eigenvalue weighted by molar-refractivity contribution is 0.0942. The van der Waals surface area contributed by atoms with Crippen LogP contribution in [0.1, 0.15) is 48.3 Å².